The molecule has 0 spiro atoms. The Morgan fingerprint density at radius 2 is 2.04 bits per heavy atom. The number of methoxy groups -OCH3 is 1. The summed E-state index contributed by atoms with van der Waals surface area (Å²) in [6, 6.07) is 6.01. The first-order valence-corrected chi connectivity index (χ1v) is 8.57. The lowest BCUT2D eigenvalue weighted by atomic mass is 9.96. The van der Waals surface area contributed by atoms with Crippen LogP contribution in [0.25, 0.3) is 0 Å². The molecule has 1 fully saturated rings. The van der Waals surface area contributed by atoms with Crippen LogP contribution in [0.3, 0.4) is 0 Å². The van der Waals surface area contributed by atoms with Crippen LogP contribution < -0.4 is 14.8 Å². The van der Waals surface area contributed by atoms with E-state index in [0.717, 1.165) is 24.8 Å². The number of ether oxygens (including phenoxy) is 3. The summed E-state index contributed by atoms with van der Waals surface area (Å²) in [7, 11) is 1.61. The molecule has 1 aliphatic carbocycles. The molecule has 0 aliphatic heterocycles. The lowest BCUT2D eigenvalue weighted by Gasteiger charge is -2.22. The summed E-state index contributed by atoms with van der Waals surface area (Å²) in [4.78, 5) is 11.7. The average Bonchev–Trinajstić information content (AvgIpc) is 2.60. The van der Waals surface area contributed by atoms with Crippen LogP contribution in [-0.2, 0) is 11.2 Å². The Balaban J connectivity index is 1.71. The maximum atomic E-state index is 11.7. The smallest absolute Gasteiger partial charge is 0.407 e. The van der Waals surface area contributed by atoms with Crippen molar-refractivity contribution in [2.24, 2.45) is 0 Å². The van der Waals surface area contributed by atoms with Gasteiger partial charge in [0, 0.05) is 6.04 Å². The molecule has 0 aromatic heterocycles. The van der Waals surface area contributed by atoms with E-state index in [9.17, 15) is 4.79 Å². The topological polar surface area (TPSA) is 56.8 Å². The highest BCUT2D eigenvalue weighted by Crippen LogP contribution is 2.28. The van der Waals surface area contributed by atoms with E-state index in [4.69, 9.17) is 14.2 Å². The second-order valence-electron chi connectivity index (χ2n) is 5.94. The third-order valence-corrected chi connectivity index (χ3v) is 4.11. The van der Waals surface area contributed by atoms with Crippen LogP contribution in [0.2, 0.25) is 0 Å². The zero-order valence-electron chi connectivity index (χ0n) is 14.4. The molecule has 0 unspecified atom stereocenters. The van der Waals surface area contributed by atoms with Gasteiger partial charge >= 0.3 is 6.09 Å². The van der Waals surface area contributed by atoms with Crippen molar-refractivity contribution in [3.63, 3.8) is 0 Å². The molecule has 1 amide bonds. The largest absolute Gasteiger partial charge is 0.493 e. The van der Waals surface area contributed by atoms with Gasteiger partial charge in [0.2, 0.25) is 0 Å². The Labute approximate surface area is 144 Å². The molecule has 24 heavy (non-hydrogen) atoms. The number of alkyl carbamates (subject to hydrolysis) is 1. The number of rotatable bonds is 8. The monoisotopic (exact) mass is 333 g/mol. The third-order valence-electron chi connectivity index (χ3n) is 4.11. The molecule has 2 rings (SSSR count). The van der Waals surface area contributed by atoms with E-state index in [1.165, 1.54) is 19.3 Å². The van der Waals surface area contributed by atoms with Crippen LogP contribution in [-0.4, -0.2) is 32.5 Å². The van der Waals surface area contributed by atoms with Crippen LogP contribution >= 0.6 is 0 Å². The number of allylic oxidation sites excluding steroid dienone is 1. The number of carbonyl (C=O) groups is 1. The maximum Gasteiger partial charge on any atom is 0.407 e. The molecule has 5 heteroatoms. The Kier molecular flexibility index (Phi) is 7.46. The first kappa shape index (κ1) is 18.2. The SMILES string of the molecule is C=CCc1ccc(OCCOC(=O)NC2CCCCC2)c(OC)c1. The van der Waals surface area contributed by atoms with Gasteiger partial charge in [-0.1, -0.05) is 31.4 Å². The first-order chi connectivity index (χ1) is 11.7. The molecule has 1 saturated carbocycles. The minimum absolute atomic E-state index is 0.204. The third kappa shape index (κ3) is 5.80. The second kappa shape index (κ2) is 9.85. The highest BCUT2D eigenvalue weighted by Gasteiger charge is 2.16. The van der Waals surface area contributed by atoms with E-state index in [2.05, 4.69) is 11.9 Å². The van der Waals surface area contributed by atoms with Gasteiger partial charge in [0.05, 0.1) is 7.11 Å². The highest BCUT2D eigenvalue weighted by molar-refractivity contribution is 5.67. The van der Waals surface area contributed by atoms with Gasteiger partial charge in [-0.2, -0.15) is 0 Å². The van der Waals surface area contributed by atoms with Gasteiger partial charge in [0.1, 0.15) is 13.2 Å². The molecule has 0 heterocycles. The Morgan fingerprint density at radius 3 is 2.75 bits per heavy atom. The number of nitrogens with one attached hydrogen (secondary N) is 1. The molecule has 0 atom stereocenters. The predicted octanol–water partition coefficient (Wildman–Crippen LogP) is 3.86. The number of amides is 1. The fourth-order valence-electron chi connectivity index (χ4n) is 2.87. The molecule has 132 valence electrons. The number of benzene rings is 1. The lowest BCUT2D eigenvalue weighted by molar-refractivity contribution is 0.119. The normalized spacial score (nSPS) is 14.7. The van der Waals surface area contributed by atoms with Crippen LogP contribution in [0.1, 0.15) is 37.7 Å². The molecule has 5 nitrogen and oxygen atoms in total. The predicted molar refractivity (Wildman–Crippen MR) is 93.7 cm³/mol. The summed E-state index contributed by atoms with van der Waals surface area (Å²) in [6.45, 7) is 4.22. The van der Waals surface area contributed by atoms with Gasteiger partial charge in [-0.25, -0.2) is 4.79 Å². The van der Waals surface area contributed by atoms with Gasteiger partial charge in [-0.3, -0.25) is 0 Å². The van der Waals surface area contributed by atoms with Crippen LogP contribution in [0.4, 0.5) is 4.79 Å². The Hall–Kier alpha value is -2.17. The number of hydrogen-bond donors (Lipinski definition) is 1. The summed E-state index contributed by atoms with van der Waals surface area (Å²) >= 11 is 0. The molecule has 1 aliphatic rings. The van der Waals surface area contributed by atoms with Crippen molar-refractivity contribution in [3.8, 4) is 11.5 Å². The van der Waals surface area contributed by atoms with Crippen molar-refractivity contribution >= 4 is 6.09 Å². The standard InChI is InChI=1S/C19H27NO4/c1-3-7-15-10-11-17(18(14-15)22-2)23-12-13-24-19(21)20-16-8-5-4-6-9-16/h3,10-11,14,16H,1,4-9,12-13H2,2H3,(H,20,21). The Morgan fingerprint density at radius 1 is 1.25 bits per heavy atom. The maximum absolute atomic E-state index is 11.7. The number of carbonyl (C=O) groups excluding carboxylic acids is 1. The fourth-order valence-corrected chi connectivity index (χ4v) is 2.87. The van der Waals surface area contributed by atoms with Crippen molar-refractivity contribution in [2.75, 3.05) is 20.3 Å². The molecular formula is C19H27NO4. The van der Waals surface area contributed by atoms with Crippen molar-refractivity contribution in [1.29, 1.82) is 0 Å². The minimum Gasteiger partial charge on any atom is -0.493 e. The number of hydrogen-bond acceptors (Lipinski definition) is 4. The molecule has 1 aromatic rings. The van der Waals surface area contributed by atoms with Crippen molar-refractivity contribution < 1.29 is 19.0 Å². The fraction of sp³-hybridized carbons (Fsp3) is 0.526. The summed E-state index contributed by atoms with van der Waals surface area (Å²) < 4.78 is 16.2. The van der Waals surface area contributed by atoms with Crippen LogP contribution in [0.15, 0.2) is 30.9 Å². The van der Waals surface area contributed by atoms with E-state index < -0.39 is 0 Å². The van der Waals surface area contributed by atoms with Gasteiger partial charge in [0.15, 0.2) is 11.5 Å². The summed E-state index contributed by atoms with van der Waals surface area (Å²) in [5.74, 6) is 1.31. The average molecular weight is 333 g/mol. The second-order valence-corrected chi connectivity index (χ2v) is 5.94. The Bertz CT molecular complexity index is 538. The van der Waals surface area contributed by atoms with Crippen molar-refractivity contribution in [1.82, 2.24) is 5.32 Å². The van der Waals surface area contributed by atoms with Gasteiger partial charge in [-0.15, -0.1) is 6.58 Å². The van der Waals surface area contributed by atoms with E-state index in [1.807, 2.05) is 24.3 Å². The van der Waals surface area contributed by atoms with E-state index in [1.54, 1.807) is 7.11 Å². The molecule has 0 bridgehead atoms. The summed E-state index contributed by atoms with van der Waals surface area (Å²) in [5, 5.41) is 2.91. The van der Waals surface area contributed by atoms with E-state index in [0.29, 0.717) is 11.5 Å². The molecule has 1 aromatic carbocycles. The summed E-state index contributed by atoms with van der Waals surface area (Å²) in [5.41, 5.74) is 1.11. The van der Waals surface area contributed by atoms with Crippen LogP contribution in [0.5, 0.6) is 11.5 Å². The van der Waals surface area contributed by atoms with Gasteiger partial charge in [-0.05, 0) is 37.0 Å². The van der Waals surface area contributed by atoms with E-state index >= 15 is 0 Å². The zero-order valence-corrected chi connectivity index (χ0v) is 14.4. The lowest BCUT2D eigenvalue weighted by Crippen LogP contribution is -2.37. The molecule has 1 N–H and O–H groups in total. The van der Waals surface area contributed by atoms with Gasteiger partial charge in [0.25, 0.3) is 0 Å². The summed E-state index contributed by atoms with van der Waals surface area (Å²) in [6.07, 6.45) is 7.95. The molecular weight excluding hydrogens is 306 g/mol. The molecule has 0 radical (unpaired) electrons. The minimum atomic E-state index is -0.362. The van der Waals surface area contributed by atoms with Crippen LogP contribution in [0, 0.1) is 0 Å². The zero-order chi connectivity index (χ0) is 17.2. The van der Waals surface area contributed by atoms with Gasteiger partial charge < -0.3 is 19.5 Å². The highest BCUT2D eigenvalue weighted by atomic mass is 16.6. The molecule has 0 saturated heterocycles. The van der Waals surface area contributed by atoms with Crippen molar-refractivity contribution in [2.45, 2.75) is 44.6 Å². The quantitative estimate of drug-likeness (QED) is 0.580. The first-order valence-electron chi connectivity index (χ1n) is 8.57. The van der Waals surface area contributed by atoms with E-state index in [-0.39, 0.29) is 25.3 Å². The van der Waals surface area contributed by atoms with Crippen molar-refractivity contribution in [3.05, 3.63) is 36.4 Å².